The van der Waals surface area contributed by atoms with Gasteiger partial charge in [0.15, 0.2) is 28.2 Å². The molecule has 0 spiro atoms. The van der Waals surface area contributed by atoms with E-state index in [9.17, 15) is 26.0 Å². The first-order valence-electron chi connectivity index (χ1n) is 6.96. The second-order valence-corrected chi connectivity index (χ2v) is 7.22. The molecule has 0 saturated heterocycles. The van der Waals surface area contributed by atoms with Gasteiger partial charge in [-0.25, -0.2) is 35.7 Å². The van der Waals surface area contributed by atoms with Crippen molar-refractivity contribution in [1.82, 2.24) is 14.3 Å². The summed E-state index contributed by atoms with van der Waals surface area (Å²) in [5.41, 5.74) is 0. The summed E-state index contributed by atoms with van der Waals surface area (Å²) in [5, 5.41) is 0. The Balaban J connectivity index is 2.30. The monoisotopic (exact) mass is 365 g/mol. The quantitative estimate of drug-likeness (QED) is 0.632. The summed E-state index contributed by atoms with van der Waals surface area (Å²) in [4.78, 5) is 2.25. The van der Waals surface area contributed by atoms with Gasteiger partial charge in [-0.2, -0.15) is 0 Å². The molecule has 0 radical (unpaired) electrons. The van der Waals surface area contributed by atoms with Crippen LogP contribution in [0.2, 0.25) is 0 Å². The Hall–Kier alpha value is -1.94. The number of benzene rings is 1. The van der Waals surface area contributed by atoms with Crippen molar-refractivity contribution in [3.8, 4) is 0 Å². The Kier molecular flexibility index (Phi) is 5.29. The minimum absolute atomic E-state index is 0.0565. The zero-order valence-electron chi connectivity index (χ0n) is 12.9. The lowest BCUT2D eigenvalue weighted by Crippen LogP contribution is -2.27. The SMILES string of the molecule is CC(C)Cn1ccnc1CNS(=O)(=O)c1c(F)c(F)cc(F)c1F. The summed E-state index contributed by atoms with van der Waals surface area (Å²) in [6, 6.07) is -0.0565. The lowest BCUT2D eigenvalue weighted by Gasteiger charge is -2.12. The molecule has 132 valence electrons. The molecule has 10 heteroatoms. The van der Waals surface area contributed by atoms with E-state index < -0.39 is 38.2 Å². The predicted molar refractivity (Wildman–Crippen MR) is 77.4 cm³/mol. The van der Waals surface area contributed by atoms with Crippen LogP contribution in [0, 0.1) is 29.2 Å². The first-order valence-corrected chi connectivity index (χ1v) is 8.44. The highest BCUT2D eigenvalue weighted by atomic mass is 32.2. The highest BCUT2D eigenvalue weighted by molar-refractivity contribution is 7.89. The van der Waals surface area contributed by atoms with E-state index in [0.717, 1.165) is 0 Å². The Morgan fingerprint density at radius 3 is 2.29 bits per heavy atom. The van der Waals surface area contributed by atoms with Crippen LogP contribution in [0.25, 0.3) is 0 Å². The van der Waals surface area contributed by atoms with Gasteiger partial charge in [-0.15, -0.1) is 0 Å². The predicted octanol–water partition coefficient (Wildman–Crippen LogP) is 2.57. The van der Waals surface area contributed by atoms with Crippen molar-refractivity contribution in [2.45, 2.75) is 31.8 Å². The number of sulfonamides is 1. The number of nitrogens with zero attached hydrogens (tertiary/aromatic N) is 2. The normalized spacial score (nSPS) is 12.1. The highest BCUT2D eigenvalue weighted by Crippen LogP contribution is 2.23. The summed E-state index contributed by atoms with van der Waals surface area (Å²) >= 11 is 0. The largest absolute Gasteiger partial charge is 0.334 e. The summed E-state index contributed by atoms with van der Waals surface area (Å²) in [7, 11) is -4.82. The van der Waals surface area contributed by atoms with Crippen LogP contribution in [0.15, 0.2) is 23.4 Å². The fourth-order valence-corrected chi connectivity index (χ4v) is 3.22. The molecule has 0 fully saturated rings. The molecule has 0 aliphatic rings. The molecule has 1 heterocycles. The van der Waals surface area contributed by atoms with Gasteiger partial charge >= 0.3 is 0 Å². The summed E-state index contributed by atoms with van der Waals surface area (Å²) in [6.07, 6.45) is 3.06. The summed E-state index contributed by atoms with van der Waals surface area (Å²) < 4.78 is 81.3. The van der Waals surface area contributed by atoms with Crippen LogP contribution in [0.4, 0.5) is 17.6 Å². The van der Waals surface area contributed by atoms with Crippen molar-refractivity contribution in [1.29, 1.82) is 0 Å². The zero-order chi connectivity index (χ0) is 18.1. The first-order chi connectivity index (χ1) is 11.1. The Bertz CT molecular complexity index is 824. The standard InChI is InChI=1S/C14H15F4N3O2S/c1-8(2)7-21-4-3-19-11(21)6-20-24(22,23)14-12(17)9(15)5-10(16)13(14)18/h3-5,8,20H,6-7H2,1-2H3. The molecule has 5 nitrogen and oxygen atoms in total. The third kappa shape index (κ3) is 3.75. The molecular weight excluding hydrogens is 350 g/mol. The molecular formula is C14H15F4N3O2S. The lowest BCUT2D eigenvalue weighted by atomic mass is 10.2. The molecule has 0 bridgehead atoms. The molecule has 0 aliphatic carbocycles. The molecule has 1 aromatic heterocycles. The first kappa shape index (κ1) is 18.4. The van der Waals surface area contributed by atoms with E-state index in [-0.39, 0.29) is 18.5 Å². The van der Waals surface area contributed by atoms with Crippen LogP contribution in [0.3, 0.4) is 0 Å². The van der Waals surface area contributed by atoms with E-state index in [1.165, 1.54) is 6.20 Å². The van der Waals surface area contributed by atoms with Crippen molar-refractivity contribution in [2.75, 3.05) is 0 Å². The maximum absolute atomic E-state index is 13.6. The van der Waals surface area contributed by atoms with Gasteiger partial charge in [-0.1, -0.05) is 13.8 Å². The van der Waals surface area contributed by atoms with E-state index in [2.05, 4.69) is 4.98 Å². The van der Waals surface area contributed by atoms with Crippen LogP contribution in [-0.2, 0) is 23.1 Å². The third-order valence-electron chi connectivity index (χ3n) is 3.12. The van der Waals surface area contributed by atoms with Gasteiger partial charge in [0.05, 0.1) is 6.54 Å². The molecule has 2 aromatic rings. The number of nitrogens with one attached hydrogen (secondary N) is 1. The minimum Gasteiger partial charge on any atom is -0.334 e. The van der Waals surface area contributed by atoms with Gasteiger partial charge in [0.1, 0.15) is 5.82 Å². The molecule has 24 heavy (non-hydrogen) atoms. The van der Waals surface area contributed by atoms with Crippen molar-refractivity contribution in [2.24, 2.45) is 5.92 Å². The van der Waals surface area contributed by atoms with Crippen LogP contribution < -0.4 is 4.72 Å². The minimum atomic E-state index is -4.82. The smallest absolute Gasteiger partial charge is 0.247 e. The molecule has 0 atom stereocenters. The van der Waals surface area contributed by atoms with E-state index in [4.69, 9.17) is 0 Å². The van der Waals surface area contributed by atoms with Crippen molar-refractivity contribution in [3.63, 3.8) is 0 Å². The molecule has 0 saturated carbocycles. The van der Waals surface area contributed by atoms with Crippen molar-refractivity contribution in [3.05, 3.63) is 47.6 Å². The Morgan fingerprint density at radius 1 is 1.17 bits per heavy atom. The van der Waals surface area contributed by atoms with Gasteiger partial charge in [-0.3, -0.25) is 0 Å². The number of hydrogen-bond donors (Lipinski definition) is 1. The second kappa shape index (κ2) is 6.89. The molecule has 0 amide bonds. The zero-order valence-corrected chi connectivity index (χ0v) is 13.7. The average molecular weight is 365 g/mol. The topological polar surface area (TPSA) is 64.0 Å². The van der Waals surface area contributed by atoms with Gasteiger partial charge < -0.3 is 4.57 Å². The van der Waals surface area contributed by atoms with E-state index in [1.54, 1.807) is 10.8 Å². The van der Waals surface area contributed by atoms with Crippen LogP contribution >= 0.6 is 0 Å². The lowest BCUT2D eigenvalue weighted by molar-refractivity contribution is 0.417. The van der Waals surface area contributed by atoms with E-state index in [1.807, 2.05) is 18.6 Å². The maximum Gasteiger partial charge on any atom is 0.247 e. The number of imidazole rings is 1. The van der Waals surface area contributed by atoms with Gasteiger partial charge in [-0.05, 0) is 5.92 Å². The molecule has 0 unspecified atom stereocenters. The highest BCUT2D eigenvalue weighted by Gasteiger charge is 2.29. The second-order valence-electron chi connectivity index (χ2n) is 5.51. The van der Waals surface area contributed by atoms with Crippen molar-refractivity contribution < 1.29 is 26.0 Å². The van der Waals surface area contributed by atoms with Gasteiger partial charge in [0.2, 0.25) is 10.0 Å². The maximum atomic E-state index is 13.6. The average Bonchev–Trinajstić information content (AvgIpc) is 2.89. The fourth-order valence-electron chi connectivity index (χ4n) is 2.09. The molecule has 0 aliphatic heterocycles. The fraction of sp³-hybridized carbons (Fsp3) is 0.357. The number of hydrogen-bond acceptors (Lipinski definition) is 3. The molecule has 2 rings (SSSR count). The van der Waals surface area contributed by atoms with Crippen LogP contribution in [0.1, 0.15) is 19.7 Å². The third-order valence-corrected chi connectivity index (χ3v) is 4.54. The Morgan fingerprint density at radius 2 is 1.75 bits per heavy atom. The summed E-state index contributed by atoms with van der Waals surface area (Å²) in [5.74, 6) is -7.00. The molecule has 1 N–H and O–H groups in total. The van der Waals surface area contributed by atoms with Gasteiger partial charge in [0.25, 0.3) is 0 Å². The number of rotatable bonds is 6. The van der Waals surface area contributed by atoms with E-state index in [0.29, 0.717) is 12.4 Å². The molecule has 1 aromatic carbocycles. The Labute approximate surface area is 136 Å². The van der Waals surface area contributed by atoms with E-state index >= 15 is 0 Å². The van der Waals surface area contributed by atoms with Crippen LogP contribution in [-0.4, -0.2) is 18.0 Å². The van der Waals surface area contributed by atoms with Crippen LogP contribution in [0.5, 0.6) is 0 Å². The number of halogens is 4. The van der Waals surface area contributed by atoms with Crippen molar-refractivity contribution >= 4 is 10.0 Å². The van der Waals surface area contributed by atoms with Gasteiger partial charge in [0, 0.05) is 25.0 Å². The number of aromatic nitrogens is 2. The summed E-state index contributed by atoms with van der Waals surface area (Å²) in [6.45, 7) is 4.04.